The van der Waals surface area contributed by atoms with Crippen LogP contribution in [0.3, 0.4) is 0 Å². The summed E-state index contributed by atoms with van der Waals surface area (Å²) < 4.78 is 14.4. The molecule has 0 aliphatic heterocycles. The molecule has 0 saturated carbocycles. The van der Waals surface area contributed by atoms with Gasteiger partial charge in [-0.1, -0.05) is 30.1 Å². The van der Waals surface area contributed by atoms with Crippen molar-refractivity contribution in [2.75, 3.05) is 0 Å². The molecular weight excluding hydrogens is 198 g/mol. The molecule has 1 N–H and O–H groups in total. The third-order valence-electron chi connectivity index (χ3n) is 0.742. The van der Waals surface area contributed by atoms with Crippen LogP contribution in [0.1, 0.15) is 13.3 Å². The SMILES string of the molecule is CCC(O[PH](=O)O)=C(Cl)Cl. The monoisotopic (exact) mass is 204 g/mol. The molecule has 1 atom stereocenters. The minimum absolute atomic E-state index is 0.102. The van der Waals surface area contributed by atoms with E-state index in [4.69, 9.17) is 28.1 Å². The molecule has 3 nitrogen and oxygen atoms in total. The van der Waals surface area contributed by atoms with Crippen LogP contribution < -0.4 is 0 Å². The van der Waals surface area contributed by atoms with Crippen LogP contribution in [-0.4, -0.2) is 4.89 Å². The van der Waals surface area contributed by atoms with Crippen LogP contribution in [0.15, 0.2) is 10.3 Å². The first-order chi connectivity index (χ1) is 4.57. The van der Waals surface area contributed by atoms with E-state index < -0.39 is 8.25 Å². The Hall–Kier alpha value is 0.310. The highest BCUT2D eigenvalue weighted by Gasteiger charge is 2.02. The Morgan fingerprint density at radius 3 is 2.30 bits per heavy atom. The molecule has 6 heteroatoms. The summed E-state index contributed by atoms with van der Waals surface area (Å²) in [7, 11) is -2.97. The fourth-order valence-corrected chi connectivity index (χ4v) is 1.28. The zero-order valence-corrected chi connectivity index (χ0v) is 7.74. The van der Waals surface area contributed by atoms with Crippen molar-refractivity contribution in [2.24, 2.45) is 0 Å². The molecule has 0 spiro atoms. The van der Waals surface area contributed by atoms with Gasteiger partial charge in [-0.3, -0.25) is 0 Å². The summed E-state index contributed by atoms with van der Waals surface area (Å²) in [6.07, 6.45) is 0.402. The van der Waals surface area contributed by atoms with Gasteiger partial charge in [0.05, 0.1) is 0 Å². The van der Waals surface area contributed by atoms with Gasteiger partial charge in [0, 0.05) is 6.42 Å². The van der Waals surface area contributed by atoms with E-state index in [1.165, 1.54) is 0 Å². The van der Waals surface area contributed by atoms with E-state index in [1.54, 1.807) is 6.92 Å². The molecule has 0 aliphatic carbocycles. The smallest absolute Gasteiger partial charge is 0.365 e. The summed E-state index contributed by atoms with van der Waals surface area (Å²) >= 11 is 10.5. The average Bonchev–Trinajstić information content (AvgIpc) is 1.81. The Morgan fingerprint density at radius 2 is 2.20 bits per heavy atom. The maximum absolute atomic E-state index is 10.1. The van der Waals surface area contributed by atoms with Gasteiger partial charge in [-0.05, 0) is 0 Å². The van der Waals surface area contributed by atoms with Crippen LogP contribution in [-0.2, 0) is 9.09 Å². The summed E-state index contributed by atoms with van der Waals surface area (Å²) in [5.74, 6) is 0.148. The summed E-state index contributed by atoms with van der Waals surface area (Å²) in [5, 5.41) is 0. The largest absolute Gasteiger partial charge is 0.428 e. The average molecular weight is 205 g/mol. The predicted octanol–water partition coefficient (Wildman–Crippen LogP) is 2.44. The zero-order valence-electron chi connectivity index (χ0n) is 5.23. The van der Waals surface area contributed by atoms with E-state index >= 15 is 0 Å². The molecular formula is C4H7Cl2O3P. The van der Waals surface area contributed by atoms with E-state index in [0.29, 0.717) is 6.42 Å². The van der Waals surface area contributed by atoms with Gasteiger partial charge < -0.3 is 9.42 Å². The third-order valence-corrected chi connectivity index (χ3v) is 1.58. The molecule has 0 amide bonds. The lowest BCUT2D eigenvalue weighted by Crippen LogP contribution is -1.82. The van der Waals surface area contributed by atoms with Gasteiger partial charge in [0.25, 0.3) is 0 Å². The maximum atomic E-state index is 10.1. The first-order valence-electron chi connectivity index (χ1n) is 2.52. The van der Waals surface area contributed by atoms with Crippen molar-refractivity contribution in [1.29, 1.82) is 0 Å². The molecule has 10 heavy (non-hydrogen) atoms. The molecule has 0 saturated heterocycles. The molecule has 0 fully saturated rings. The van der Waals surface area contributed by atoms with Gasteiger partial charge in [0.2, 0.25) is 0 Å². The van der Waals surface area contributed by atoms with Crippen LogP contribution in [0.25, 0.3) is 0 Å². The van der Waals surface area contributed by atoms with Gasteiger partial charge >= 0.3 is 8.25 Å². The van der Waals surface area contributed by atoms with E-state index in [0.717, 1.165) is 0 Å². The fraction of sp³-hybridized carbons (Fsp3) is 0.500. The normalized spacial score (nSPS) is 12.4. The Morgan fingerprint density at radius 1 is 1.70 bits per heavy atom. The highest BCUT2D eigenvalue weighted by molar-refractivity contribution is 7.32. The molecule has 0 aromatic rings. The Labute approximate surface area is 69.5 Å². The van der Waals surface area contributed by atoms with Gasteiger partial charge in [0.1, 0.15) is 10.3 Å². The number of halogens is 2. The molecule has 0 rings (SSSR count). The second-order valence-electron chi connectivity index (χ2n) is 1.41. The van der Waals surface area contributed by atoms with Crippen molar-refractivity contribution in [3.05, 3.63) is 10.3 Å². The second kappa shape index (κ2) is 5.03. The Balaban J connectivity index is 4.11. The lowest BCUT2D eigenvalue weighted by atomic mass is 10.4. The molecule has 1 unspecified atom stereocenters. The molecule has 0 heterocycles. The zero-order chi connectivity index (χ0) is 8.15. The van der Waals surface area contributed by atoms with Crippen molar-refractivity contribution in [2.45, 2.75) is 13.3 Å². The number of allylic oxidation sites excluding steroid dienone is 1. The summed E-state index contributed by atoms with van der Waals surface area (Å²) in [5.41, 5.74) is 0. The van der Waals surface area contributed by atoms with Crippen LogP contribution in [0.2, 0.25) is 0 Å². The lowest BCUT2D eigenvalue weighted by Gasteiger charge is -2.02. The lowest BCUT2D eigenvalue weighted by molar-refractivity contribution is 0.343. The topological polar surface area (TPSA) is 46.5 Å². The number of hydrogen-bond acceptors (Lipinski definition) is 2. The Kier molecular flexibility index (Phi) is 5.18. The van der Waals surface area contributed by atoms with Crippen molar-refractivity contribution in [1.82, 2.24) is 0 Å². The highest BCUT2D eigenvalue weighted by atomic mass is 35.5. The first kappa shape index (κ1) is 10.3. The molecule has 0 aliphatic rings. The van der Waals surface area contributed by atoms with E-state index in [9.17, 15) is 4.57 Å². The predicted molar refractivity (Wildman–Crippen MR) is 41.3 cm³/mol. The van der Waals surface area contributed by atoms with Crippen molar-refractivity contribution >= 4 is 31.5 Å². The van der Waals surface area contributed by atoms with Crippen molar-refractivity contribution in [3.8, 4) is 0 Å². The van der Waals surface area contributed by atoms with Crippen molar-refractivity contribution < 1.29 is 14.0 Å². The third kappa shape index (κ3) is 4.18. The molecule has 0 radical (unpaired) electrons. The second-order valence-corrected chi connectivity index (χ2v) is 3.09. The summed E-state index contributed by atoms with van der Waals surface area (Å²) in [6, 6.07) is 0. The minimum atomic E-state index is -2.97. The van der Waals surface area contributed by atoms with Gasteiger partial charge in [-0.15, -0.1) is 0 Å². The van der Waals surface area contributed by atoms with Crippen LogP contribution in [0.5, 0.6) is 0 Å². The van der Waals surface area contributed by atoms with Gasteiger partial charge in [0.15, 0.2) is 0 Å². The van der Waals surface area contributed by atoms with E-state index in [-0.39, 0.29) is 10.3 Å². The Bertz CT molecular complexity index is 164. The molecule has 0 bridgehead atoms. The summed E-state index contributed by atoms with van der Waals surface area (Å²) in [4.78, 5) is 8.28. The molecule has 0 aromatic heterocycles. The first-order valence-corrected chi connectivity index (χ1v) is 4.54. The van der Waals surface area contributed by atoms with Gasteiger partial charge in [-0.2, -0.15) is 0 Å². The van der Waals surface area contributed by atoms with E-state index in [2.05, 4.69) is 4.52 Å². The number of rotatable bonds is 3. The summed E-state index contributed by atoms with van der Waals surface area (Å²) in [6.45, 7) is 1.71. The van der Waals surface area contributed by atoms with Crippen LogP contribution in [0, 0.1) is 0 Å². The maximum Gasteiger partial charge on any atom is 0.365 e. The quantitative estimate of drug-likeness (QED) is 0.568. The van der Waals surface area contributed by atoms with Crippen molar-refractivity contribution in [3.63, 3.8) is 0 Å². The number of hydrogen-bond donors (Lipinski definition) is 1. The van der Waals surface area contributed by atoms with Gasteiger partial charge in [-0.25, -0.2) is 4.57 Å². The van der Waals surface area contributed by atoms with Crippen LogP contribution in [0.4, 0.5) is 0 Å². The fourth-order valence-electron chi connectivity index (χ4n) is 0.350. The highest BCUT2D eigenvalue weighted by Crippen LogP contribution is 2.27. The molecule has 60 valence electrons. The van der Waals surface area contributed by atoms with Crippen LogP contribution >= 0.6 is 31.5 Å². The standard InChI is InChI=1S/C4H7Cl2O3P/c1-2-3(4(5)6)9-10(7)8/h10H,2H2,1H3,(H,7,8). The molecule has 0 aromatic carbocycles. The van der Waals surface area contributed by atoms with E-state index in [1.807, 2.05) is 0 Å². The minimum Gasteiger partial charge on any atom is -0.428 e.